The van der Waals surface area contributed by atoms with Gasteiger partial charge in [0.1, 0.15) is 6.54 Å². The van der Waals surface area contributed by atoms with Crippen molar-refractivity contribution in [1.29, 1.82) is 0 Å². The summed E-state index contributed by atoms with van der Waals surface area (Å²) in [6, 6.07) is 17.9. The van der Waals surface area contributed by atoms with Crippen LogP contribution in [-0.2, 0) is 22.6 Å². The van der Waals surface area contributed by atoms with Crippen molar-refractivity contribution < 1.29 is 14.3 Å². The third-order valence-corrected chi connectivity index (χ3v) is 7.10. The largest absolute Gasteiger partial charge is 0.383 e. The first-order valence-corrected chi connectivity index (χ1v) is 13.9. The van der Waals surface area contributed by atoms with Crippen molar-refractivity contribution in [2.75, 3.05) is 38.7 Å². The van der Waals surface area contributed by atoms with Crippen LogP contribution in [0, 0.1) is 13.8 Å². The van der Waals surface area contributed by atoms with E-state index in [1.165, 1.54) is 10.5 Å². The van der Waals surface area contributed by atoms with Crippen molar-refractivity contribution in [3.63, 3.8) is 0 Å². The molecule has 0 atom stereocenters. The average Bonchev–Trinajstić information content (AvgIpc) is 3.33. The highest BCUT2D eigenvalue weighted by Gasteiger charge is 2.23. The minimum absolute atomic E-state index is 0.0166. The number of carbonyl (C=O) groups excluding carboxylic acids is 2. The molecule has 0 fully saturated rings. The number of methoxy groups -OCH3 is 1. The number of aromatic nitrogens is 1. The maximum atomic E-state index is 13.6. The van der Waals surface area contributed by atoms with Crippen molar-refractivity contribution in [3.05, 3.63) is 87.7 Å². The number of urea groups is 1. The lowest BCUT2D eigenvalue weighted by Crippen LogP contribution is -2.46. The number of unbranched alkanes of at least 4 members (excludes halogenated alkanes) is 1. The lowest BCUT2D eigenvalue weighted by atomic mass is 10.1. The number of para-hydroxylation sites is 1. The monoisotopic (exact) mass is 582 g/mol. The van der Waals surface area contributed by atoms with Crippen LogP contribution in [0.15, 0.2) is 65.3 Å². The van der Waals surface area contributed by atoms with Gasteiger partial charge in [0.2, 0.25) is 5.91 Å². The Kier molecular flexibility index (Phi) is 11.4. The lowest BCUT2D eigenvalue weighted by molar-refractivity contribution is -0.132. The molecule has 3 rings (SSSR count). The molecule has 0 aliphatic rings. The number of amides is 3. The van der Waals surface area contributed by atoms with Crippen LogP contribution in [0.2, 0.25) is 0 Å². The van der Waals surface area contributed by atoms with Gasteiger partial charge in [-0.1, -0.05) is 59.6 Å². The number of anilines is 1. The Bertz CT molecular complexity index is 1170. The number of ether oxygens (including phenoxy) is 1. The second-order valence-electron chi connectivity index (χ2n) is 9.53. The van der Waals surface area contributed by atoms with Gasteiger partial charge in [0, 0.05) is 48.8 Å². The van der Waals surface area contributed by atoms with Crippen LogP contribution in [0.5, 0.6) is 0 Å². The van der Waals surface area contributed by atoms with Crippen LogP contribution < -0.4 is 5.32 Å². The molecule has 3 amide bonds. The number of rotatable bonds is 13. The van der Waals surface area contributed by atoms with Crippen LogP contribution >= 0.6 is 15.9 Å². The molecule has 3 aromatic rings. The highest BCUT2D eigenvalue weighted by molar-refractivity contribution is 9.10. The summed E-state index contributed by atoms with van der Waals surface area (Å²) in [5.74, 6) is -0.0809. The van der Waals surface area contributed by atoms with E-state index in [4.69, 9.17) is 4.74 Å². The molecule has 1 aromatic heterocycles. The van der Waals surface area contributed by atoms with Gasteiger partial charge in [-0.25, -0.2) is 4.79 Å². The molecule has 0 aliphatic carbocycles. The quantitative estimate of drug-likeness (QED) is 0.260. The molecule has 38 heavy (non-hydrogen) atoms. The van der Waals surface area contributed by atoms with Gasteiger partial charge in [0.25, 0.3) is 0 Å². The zero-order valence-electron chi connectivity index (χ0n) is 22.9. The second-order valence-corrected chi connectivity index (χ2v) is 10.4. The molecule has 1 heterocycles. The highest BCUT2D eigenvalue weighted by atomic mass is 79.9. The van der Waals surface area contributed by atoms with Crippen molar-refractivity contribution in [1.82, 2.24) is 14.4 Å². The summed E-state index contributed by atoms with van der Waals surface area (Å²) in [5.41, 5.74) is 4.98. The Hall–Kier alpha value is -3.10. The summed E-state index contributed by atoms with van der Waals surface area (Å²) < 4.78 is 8.46. The van der Waals surface area contributed by atoms with Gasteiger partial charge in [-0.3, -0.25) is 4.79 Å². The van der Waals surface area contributed by atoms with Gasteiger partial charge >= 0.3 is 6.03 Å². The van der Waals surface area contributed by atoms with Crippen molar-refractivity contribution in [3.8, 4) is 0 Å². The van der Waals surface area contributed by atoms with Gasteiger partial charge in [0.05, 0.1) is 13.2 Å². The topological polar surface area (TPSA) is 66.8 Å². The minimum atomic E-state index is -0.304. The Morgan fingerprint density at radius 1 is 0.974 bits per heavy atom. The third kappa shape index (κ3) is 8.46. The number of carbonyl (C=O) groups is 2. The van der Waals surface area contributed by atoms with Gasteiger partial charge in [-0.2, -0.15) is 0 Å². The van der Waals surface area contributed by atoms with E-state index in [1.54, 1.807) is 7.11 Å². The van der Waals surface area contributed by atoms with Crippen LogP contribution in [0.1, 0.15) is 42.1 Å². The fourth-order valence-corrected chi connectivity index (χ4v) is 4.55. The van der Waals surface area contributed by atoms with E-state index in [0.717, 1.165) is 46.4 Å². The SMILES string of the molecule is CCCCN(Cc1cccn1Cc1ccc(Br)cc1)C(=O)CN(CCOC)C(=O)Nc1c(C)cccc1C. The third-order valence-electron chi connectivity index (χ3n) is 6.57. The van der Waals surface area contributed by atoms with Gasteiger partial charge in [0.15, 0.2) is 0 Å². The lowest BCUT2D eigenvalue weighted by Gasteiger charge is -2.28. The molecule has 204 valence electrons. The maximum absolute atomic E-state index is 13.6. The Morgan fingerprint density at radius 2 is 1.68 bits per heavy atom. The molecule has 8 heteroatoms. The van der Waals surface area contributed by atoms with E-state index < -0.39 is 0 Å². The molecule has 0 radical (unpaired) electrons. The predicted molar refractivity (Wildman–Crippen MR) is 156 cm³/mol. The summed E-state index contributed by atoms with van der Waals surface area (Å²) in [6.45, 7) is 8.53. The minimum Gasteiger partial charge on any atom is -0.383 e. The van der Waals surface area contributed by atoms with E-state index in [-0.39, 0.29) is 18.5 Å². The number of hydrogen-bond donors (Lipinski definition) is 1. The summed E-state index contributed by atoms with van der Waals surface area (Å²) in [5, 5.41) is 3.01. The molecule has 0 aliphatic heterocycles. The van der Waals surface area contributed by atoms with Crippen molar-refractivity contribution in [2.45, 2.75) is 46.7 Å². The average molecular weight is 584 g/mol. The van der Waals surface area contributed by atoms with E-state index in [2.05, 4.69) is 50.9 Å². The molecule has 0 saturated heterocycles. The Labute approximate surface area is 234 Å². The molecule has 0 unspecified atom stereocenters. The van der Waals surface area contributed by atoms with Crippen LogP contribution in [-0.4, -0.2) is 59.7 Å². The summed E-state index contributed by atoms with van der Waals surface area (Å²) in [7, 11) is 1.59. The fourth-order valence-electron chi connectivity index (χ4n) is 4.28. The molecular weight excluding hydrogens is 544 g/mol. The van der Waals surface area contributed by atoms with Crippen molar-refractivity contribution >= 4 is 33.6 Å². The fraction of sp³-hybridized carbons (Fsp3) is 0.400. The Balaban J connectivity index is 1.74. The van der Waals surface area contributed by atoms with E-state index in [0.29, 0.717) is 26.2 Å². The zero-order chi connectivity index (χ0) is 27.5. The first kappa shape index (κ1) is 29.5. The molecule has 2 aromatic carbocycles. The number of aryl methyl sites for hydroxylation is 2. The summed E-state index contributed by atoms with van der Waals surface area (Å²) in [4.78, 5) is 30.3. The normalized spacial score (nSPS) is 10.9. The molecule has 0 bridgehead atoms. The second kappa shape index (κ2) is 14.7. The highest BCUT2D eigenvalue weighted by Crippen LogP contribution is 2.20. The Morgan fingerprint density at radius 3 is 2.34 bits per heavy atom. The molecule has 0 saturated carbocycles. The van der Waals surface area contributed by atoms with Crippen LogP contribution in [0.25, 0.3) is 0 Å². The summed E-state index contributed by atoms with van der Waals surface area (Å²) >= 11 is 3.49. The van der Waals surface area contributed by atoms with Gasteiger partial charge in [-0.05, 0) is 61.2 Å². The van der Waals surface area contributed by atoms with Crippen LogP contribution in [0.3, 0.4) is 0 Å². The summed E-state index contributed by atoms with van der Waals surface area (Å²) in [6.07, 6.45) is 3.92. The molecule has 1 N–H and O–H groups in total. The number of hydrogen-bond acceptors (Lipinski definition) is 3. The number of nitrogens with one attached hydrogen (secondary N) is 1. The van der Waals surface area contributed by atoms with E-state index >= 15 is 0 Å². The van der Waals surface area contributed by atoms with E-state index in [1.807, 2.05) is 61.3 Å². The number of benzene rings is 2. The van der Waals surface area contributed by atoms with Crippen molar-refractivity contribution in [2.24, 2.45) is 0 Å². The zero-order valence-corrected chi connectivity index (χ0v) is 24.5. The first-order chi connectivity index (χ1) is 18.3. The molecular formula is C30H39BrN4O3. The predicted octanol–water partition coefficient (Wildman–Crippen LogP) is 6.22. The number of nitrogens with zero attached hydrogens (tertiary/aromatic N) is 3. The van der Waals surface area contributed by atoms with Gasteiger partial charge in [-0.15, -0.1) is 0 Å². The maximum Gasteiger partial charge on any atom is 0.322 e. The van der Waals surface area contributed by atoms with E-state index in [9.17, 15) is 9.59 Å². The first-order valence-electron chi connectivity index (χ1n) is 13.1. The van der Waals surface area contributed by atoms with Gasteiger partial charge < -0.3 is 24.4 Å². The molecule has 7 nitrogen and oxygen atoms in total. The molecule has 0 spiro atoms. The number of halogens is 1. The van der Waals surface area contributed by atoms with Crippen LogP contribution in [0.4, 0.5) is 10.5 Å². The smallest absolute Gasteiger partial charge is 0.322 e. The standard InChI is InChI=1S/C30H39BrN4O3/c1-5-6-16-34(21-27-11-8-17-33(27)20-25-12-14-26(31)15-13-25)28(36)22-35(18-19-38-4)30(37)32-29-23(2)9-7-10-24(29)3/h7-15,17H,5-6,16,18-22H2,1-4H3,(H,32,37).